The summed E-state index contributed by atoms with van der Waals surface area (Å²) in [6, 6.07) is 11.1. The van der Waals surface area contributed by atoms with Gasteiger partial charge in [0.05, 0.1) is 44.6 Å². The molecule has 3 heterocycles. The fourth-order valence-electron chi connectivity index (χ4n) is 2.76. The molecular formula is C18H15N3O3S2. The molecule has 0 saturated carbocycles. The van der Waals surface area contributed by atoms with Crippen molar-refractivity contribution in [3.8, 4) is 0 Å². The standard InChI is InChI=1S/C18H15N3O3S2/c1-2-24-18(22)21-15-6-4-3-5-13(15)20-17(21)26(23)11-14-16-12(7-9-19-14)8-10-25-16/h3-10H,2,11H2,1H3. The topological polar surface area (TPSA) is 74.1 Å². The summed E-state index contributed by atoms with van der Waals surface area (Å²) >= 11 is 1.56. The molecule has 0 fully saturated rings. The molecule has 1 aromatic carbocycles. The number of hydrogen-bond donors (Lipinski definition) is 0. The number of fused-ring (bicyclic) bond motifs is 2. The summed E-state index contributed by atoms with van der Waals surface area (Å²) in [7, 11) is -1.55. The van der Waals surface area contributed by atoms with Crippen LogP contribution in [0.3, 0.4) is 0 Å². The molecule has 6 nitrogen and oxygen atoms in total. The normalized spacial score (nSPS) is 12.5. The Hall–Kier alpha value is -2.58. The third-order valence-electron chi connectivity index (χ3n) is 3.89. The van der Waals surface area contributed by atoms with Gasteiger partial charge in [-0.25, -0.2) is 14.3 Å². The van der Waals surface area contributed by atoms with Crippen LogP contribution in [0.25, 0.3) is 21.1 Å². The Morgan fingerprint density at radius 2 is 2.12 bits per heavy atom. The molecule has 3 aromatic heterocycles. The second-order valence-corrected chi connectivity index (χ2v) is 7.76. The lowest BCUT2D eigenvalue weighted by Crippen LogP contribution is -2.18. The number of rotatable bonds is 4. The summed E-state index contributed by atoms with van der Waals surface area (Å²) in [4.78, 5) is 21.2. The first-order chi connectivity index (χ1) is 12.7. The molecule has 0 spiro atoms. The van der Waals surface area contributed by atoms with Crippen LogP contribution >= 0.6 is 11.3 Å². The number of imidazole rings is 1. The number of thiophene rings is 1. The van der Waals surface area contributed by atoms with Crippen molar-refractivity contribution < 1.29 is 13.7 Å². The first-order valence-corrected chi connectivity index (χ1v) is 10.2. The lowest BCUT2D eigenvalue weighted by molar-refractivity contribution is 0.152. The van der Waals surface area contributed by atoms with E-state index in [-0.39, 0.29) is 17.5 Å². The summed E-state index contributed by atoms with van der Waals surface area (Å²) in [5, 5.41) is 3.23. The fourth-order valence-corrected chi connectivity index (χ4v) is 4.91. The Labute approximate surface area is 155 Å². The Morgan fingerprint density at radius 3 is 2.96 bits per heavy atom. The van der Waals surface area contributed by atoms with Gasteiger partial charge in [-0.1, -0.05) is 12.1 Å². The minimum absolute atomic E-state index is 0.181. The van der Waals surface area contributed by atoms with E-state index in [2.05, 4.69) is 9.97 Å². The first-order valence-electron chi connectivity index (χ1n) is 8.03. The zero-order valence-corrected chi connectivity index (χ0v) is 15.5. The molecule has 4 rings (SSSR count). The van der Waals surface area contributed by atoms with Gasteiger partial charge in [-0.15, -0.1) is 11.3 Å². The smallest absolute Gasteiger partial charge is 0.420 e. The SMILES string of the molecule is CCOC(=O)n1c(S(=O)Cc2nccc3ccsc23)nc2ccccc21. The van der Waals surface area contributed by atoms with Crippen molar-refractivity contribution >= 4 is 49.3 Å². The summed E-state index contributed by atoms with van der Waals surface area (Å²) in [5.41, 5.74) is 1.92. The predicted molar refractivity (Wildman–Crippen MR) is 102 cm³/mol. The lowest BCUT2D eigenvalue weighted by Gasteiger charge is -2.07. The highest BCUT2D eigenvalue weighted by Gasteiger charge is 2.23. The van der Waals surface area contributed by atoms with Gasteiger partial charge in [-0.3, -0.25) is 9.19 Å². The van der Waals surface area contributed by atoms with Gasteiger partial charge < -0.3 is 4.74 Å². The van der Waals surface area contributed by atoms with Crippen LogP contribution in [-0.4, -0.2) is 31.4 Å². The van der Waals surface area contributed by atoms with E-state index in [1.54, 1.807) is 42.7 Å². The second-order valence-electron chi connectivity index (χ2n) is 5.50. The molecule has 0 aliphatic rings. The molecule has 132 valence electrons. The molecular weight excluding hydrogens is 370 g/mol. The van der Waals surface area contributed by atoms with Crippen LogP contribution in [0.5, 0.6) is 0 Å². The average Bonchev–Trinajstić information content (AvgIpc) is 3.27. The Balaban J connectivity index is 1.78. The van der Waals surface area contributed by atoms with E-state index < -0.39 is 16.9 Å². The van der Waals surface area contributed by atoms with E-state index >= 15 is 0 Å². The largest absolute Gasteiger partial charge is 0.449 e. The predicted octanol–water partition coefficient (Wildman–Crippen LogP) is 3.96. The van der Waals surface area contributed by atoms with Crippen molar-refractivity contribution in [3.63, 3.8) is 0 Å². The number of carbonyl (C=O) groups is 1. The van der Waals surface area contributed by atoms with Crippen LogP contribution in [0.2, 0.25) is 0 Å². The molecule has 4 aromatic rings. The number of hydrogen-bond acceptors (Lipinski definition) is 6. The molecule has 1 unspecified atom stereocenters. The van der Waals surface area contributed by atoms with Gasteiger partial charge >= 0.3 is 6.09 Å². The third kappa shape index (κ3) is 2.91. The molecule has 0 amide bonds. The zero-order valence-electron chi connectivity index (χ0n) is 13.9. The van der Waals surface area contributed by atoms with Gasteiger partial charge in [-0.05, 0) is 42.0 Å². The Kier molecular flexibility index (Phi) is 4.52. The van der Waals surface area contributed by atoms with E-state index in [0.717, 1.165) is 15.8 Å². The van der Waals surface area contributed by atoms with Gasteiger partial charge in [-0.2, -0.15) is 0 Å². The van der Waals surface area contributed by atoms with E-state index in [4.69, 9.17) is 4.74 Å². The first kappa shape index (κ1) is 16.9. The number of carbonyl (C=O) groups excluding carboxylic acids is 1. The summed E-state index contributed by atoms with van der Waals surface area (Å²) < 4.78 is 20.5. The van der Waals surface area contributed by atoms with Crippen LogP contribution in [0.15, 0.2) is 53.1 Å². The highest BCUT2D eigenvalue weighted by molar-refractivity contribution is 7.84. The maximum absolute atomic E-state index is 13.1. The third-order valence-corrected chi connectivity index (χ3v) is 6.09. The summed E-state index contributed by atoms with van der Waals surface area (Å²) in [6.07, 6.45) is 1.13. The van der Waals surface area contributed by atoms with Gasteiger partial charge in [0, 0.05) is 6.20 Å². The quantitative estimate of drug-likeness (QED) is 0.532. The number of para-hydroxylation sites is 2. The molecule has 0 radical (unpaired) electrons. The van der Waals surface area contributed by atoms with Crippen molar-refractivity contribution in [2.24, 2.45) is 0 Å². The maximum atomic E-state index is 13.1. The molecule has 0 saturated heterocycles. The average molecular weight is 385 g/mol. The van der Waals surface area contributed by atoms with Crippen LogP contribution in [0.1, 0.15) is 12.6 Å². The highest BCUT2D eigenvalue weighted by atomic mass is 32.2. The lowest BCUT2D eigenvalue weighted by atomic mass is 10.3. The van der Waals surface area contributed by atoms with Crippen molar-refractivity contribution in [2.75, 3.05) is 6.61 Å². The second kappa shape index (κ2) is 6.97. The maximum Gasteiger partial charge on any atom is 0.420 e. The minimum atomic E-state index is -1.55. The minimum Gasteiger partial charge on any atom is -0.449 e. The van der Waals surface area contributed by atoms with E-state index in [1.807, 2.05) is 23.6 Å². The van der Waals surface area contributed by atoms with Gasteiger partial charge in [0.1, 0.15) is 0 Å². The van der Waals surface area contributed by atoms with Crippen LogP contribution in [-0.2, 0) is 21.3 Å². The monoisotopic (exact) mass is 385 g/mol. The molecule has 26 heavy (non-hydrogen) atoms. The highest BCUT2D eigenvalue weighted by Crippen LogP contribution is 2.26. The van der Waals surface area contributed by atoms with E-state index in [0.29, 0.717) is 11.0 Å². The molecule has 0 N–H and O–H groups in total. The van der Waals surface area contributed by atoms with Crippen molar-refractivity contribution in [2.45, 2.75) is 17.8 Å². The number of benzene rings is 1. The van der Waals surface area contributed by atoms with Crippen LogP contribution in [0.4, 0.5) is 4.79 Å². The van der Waals surface area contributed by atoms with Gasteiger partial charge in [0.25, 0.3) is 0 Å². The summed E-state index contributed by atoms with van der Waals surface area (Å²) in [6.45, 7) is 1.96. The molecule has 0 aliphatic heterocycles. The van der Waals surface area contributed by atoms with Crippen LogP contribution in [0, 0.1) is 0 Å². The zero-order chi connectivity index (χ0) is 18.1. The van der Waals surface area contributed by atoms with Crippen LogP contribution < -0.4 is 0 Å². The van der Waals surface area contributed by atoms with E-state index in [1.165, 1.54) is 4.57 Å². The Bertz CT molecular complexity index is 1130. The van der Waals surface area contributed by atoms with Crippen molar-refractivity contribution in [1.82, 2.24) is 14.5 Å². The summed E-state index contributed by atoms with van der Waals surface area (Å²) in [5.74, 6) is 0.181. The van der Waals surface area contributed by atoms with E-state index in [9.17, 15) is 9.00 Å². The number of aromatic nitrogens is 3. The fraction of sp³-hybridized carbons (Fsp3) is 0.167. The van der Waals surface area contributed by atoms with Crippen molar-refractivity contribution in [3.05, 3.63) is 53.7 Å². The number of pyridine rings is 1. The number of nitrogens with zero attached hydrogens (tertiary/aromatic N) is 3. The molecule has 0 bridgehead atoms. The number of ether oxygens (including phenoxy) is 1. The molecule has 1 atom stereocenters. The van der Waals surface area contributed by atoms with Gasteiger partial charge in [0.15, 0.2) is 0 Å². The van der Waals surface area contributed by atoms with Crippen molar-refractivity contribution in [1.29, 1.82) is 0 Å². The molecule has 0 aliphatic carbocycles. The Morgan fingerprint density at radius 1 is 1.27 bits per heavy atom. The van der Waals surface area contributed by atoms with Gasteiger partial charge in [0.2, 0.25) is 5.16 Å². The molecule has 8 heteroatoms.